The van der Waals surface area contributed by atoms with Crippen LogP contribution in [0, 0.1) is 97.9 Å². The molecule has 6 aromatic rings. The van der Waals surface area contributed by atoms with Crippen LogP contribution in [0.1, 0.15) is 173 Å². The van der Waals surface area contributed by atoms with Gasteiger partial charge in [-0.05, 0) is 149 Å². The molecule has 2 heterocycles. The van der Waals surface area contributed by atoms with Crippen molar-refractivity contribution in [2.24, 2.45) is 23.7 Å². The molecule has 0 radical (unpaired) electrons. The zero-order valence-electron chi connectivity index (χ0n) is 44.3. The predicted octanol–water partition coefficient (Wildman–Crippen LogP) is 20.2. The van der Waals surface area contributed by atoms with Crippen LogP contribution in [0.2, 0.25) is 0 Å². The highest BCUT2D eigenvalue weighted by Gasteiger charge is 2.56. The summed E-state index contributed by atoms with van der Waals surface area (Å²) in [5.41, 5.74) is 1.17. The van der Waals surface area contributed by atoms with E-state index in [2.05, 4.69) is 24.3 Å². The number of aryl methyl sites for hydroxylation is 4. The number of benzene rings is 6. The van der Waals surface area contributed by atoms with Gasteiger partial charge in [-0.1, -0.05) is 148 Å². The van der Waals surface area contributed by atoms with Gasteiger partial charge < -0.3 is 9.80 Å². The third kappa shape index (κ3) is 7.57. The van der Waals surface area contributed by atoms with E-state index in [4.69, 9.17) is 0 Å². The zero-order chi connectivity index (χ0) is 52.9. The highest BCUT2D eigenvalue weighted by molar-refractivity contribution is 5.91. The van der Waals surface area contributed by atoms with Gasteiger partial charge in [0.05, 0.1) is 33.9 Å². The molecular weight excluding hydrogens is 973 g/mol. The van der Waals surface area contributed by atoms with E-state index in [9.17, 15) is 0 Å². The highest BCUT2D eigenvalue weighted by atomic mass is 19.2. The standard InChI is InChI=1S/C66H68F8N2/c1-37-25-29-49-45(33-37)65(41-17-9-5-10-18-41,42-19-11-6-12-20-42)46-34-38(2)26-30-50(46)75(49)63-59(71)55(67)53(56(68)60(63)72)54-57(69)61(73)64(62(74)58(54)70)76-51-31-27-39(3)35-47(51)66(43-21-13-7-14-22-43,44-23-15-8-16-24-44)48-36-40(4)28-32-52(48)76/h25-36,41-44H,5-24H2,1-4H3. The molecule has 0 amide bonds. The normalized spacial score (nSPS) is 20.1. The van der Waals surface area contributed by atoms with Crippen LogP contribution in [-0.2, 0) is 10.8 Å². The molecule has 0 saturated heterocycles. The molecule has 2 aliphatic heterocycles. The van der Waals surface area contributed by atoms with Crippen LogP contribution < -0.4 is 9.80 Å². The second-order valence-electron chi connectivity index (χ2n) is 23.8. The number of anilines is 6. The minimum Gasteiger partial charge on any atom is -0.304 e. The van der Waals surface area contributed by atoms with Crippen molar-refractivity contribution in [3.05, 3.63) is 164 Å². The lowest BCUT2D eigenvalue weighted by molar-refractivity contribution is 0.133. The number of nitrogens with zero attached hydrogens (tertiary/aromatic N) is 2. The lowest BCUT2D eigenvalue weighted by atomic mass is 9.51. The van der Waals surface area contributed by atoms with Gasteiger partial charge in [0.1, 0.15) is 11.4 Å². The molecule has 0 aromatic heterocycles. The first-order valence-corrected chi connectivity index (χ1v) is 28.5. The average molecular weight is 1040 g/mol. The van der Waals surface area contributed by atoms with Crippen molar-refractivity contribution in [2.75, 3.05) is 9.80 Å². The summed E-state index contributed by atoms with van der Waals surface area (Å²) in [6, 6.07) is 22.4. The van der Waals surface area contributed by atoms with Crippen molar-refractivity contribution in [3.63, 3.8) is 0 Å². The van der Waals surface area contributed by atoms with E-state index in [-0.39, 0.29) is 23.7 Å². The van der Waals surface area contributed by atoms with Crippen LogP contribution in [0.25, 0.3) is 11.1 Å². The van der Waals surface area contributed by atoms with Crippen molar-refractivity contribution in [1.82, 2.24) is 0 Å². The highest BCUT2D eigenvalue weighted by Crippen LogP contribution is 2.66. The monoisotopic (exact) mass is 1040 g/mol. The van der Waals surface area contributed by atoms with E-state index < -0.39 is 79.9 Å². The summed E-state index contributed by atoms with van der Waals surface area (Å²) in [5, 5.41) is 0. The Kier molecular flexibility index (Phi) is 13.2. The first-order valence-electron chi connectivity index (χ1n) is 28.5. The third-order valence-corrected chi connectivity index (χ3v) is 19.5. The summed E-state index contributed by atoms with van der Waals surface area (Å²) < 4.78 is 140. The van der Waals surface area contributed by atoms with Crippen molar-refractivity contribution >= 4 is 34.1 Å². The summed E-state index contributed by atoms with van der Waals surface area (Å²) in [7, 11) is 0. The molecule has 2 nitrogen and oxygen atoms in total. The maximum atomic E-state index is 17.6. The van der Waals surface area contributed by atoms with E-state index >= 15 is 35.1 Å². The number of hydrogen-bond acceptors (Lipinski definition) is 2. The molecule has 398 valence electrons. The van der Waals surface area contributed by atoms with Crippen LogP contribution in [0.3, 0.4) is 0 Å². The SMILES string of the molecule is Cc1ccc2c(c1)C(C1CCCCC1)(C1CCCCC1)c1cc(C)ccc1N2c1c(F)c(F)c(-c2c(F)c(F)c(N3c4ccc(C)cc4C(C4CCCCC4)(C4CCCCC4)c4cc(C)ccc43)c(F)c2F)c(F)c1F. The summed E-state index contributed by atoms with van der Waals surface area (Å²) in [5.74, 6) is -15.8. The number of hydrogen-bond donors (Lipinski definition) is 0. The summed E-state index contributed by atoms with van der Waals surface area (Å²) in [6.07, 6.45) is 20.2. The average Bonchev–Trinajstić information content (AvgIpc) is 3.45. The third-order valence-electron chi connectivity index (χ3n) is 19.5. The summed E-state index contributed by atoms with van der Waals surface area (Å²) in [4.78, 5) is 2.42. The Balaban J connectivity index is 1.04. The van der Waals surface area contributed by atoms with Crippen molar-refractivity contribution in [2.45, 2.75) is 167 Å². The Morgan fingerprint density at radius 2 is 0.513 bits per heavy atom. The lowest BCUT2D eigenvalue weighted by Crippen LogP contribution is -2.49. The molecule has 10 heteroatoms. The molecule has 4 aliphatic carbocycles. The molecule has 0 N–H and O–H groups in total. The number of fused-ring (bicyclic) bond motifs is 4. The molecule has 12 rings (SSSR count). The second kappa shape index (κ2) is 19.7. The number of rotatable bonds is 7. The van der Waals surface area contributed by atoms with Gasteiger partial charge in [-0.25, -0.2) is 35.1 Å². The fourth-order valence-corrected chi connectivity index (χ4v) is 16.5. The Bertz CT molecular complexity index is 2840. The van der Waals surface area contributed by atoms with E-state index in [1.165, 1.54) is 9.80 Å². The molecule has 0 unspecified atom stereocenters. The second-order valence-corrected chi connectivity index (χ2v) is 23.8. The molecule has 4 saturated carbocycles. The van der Waals surface area contributed by atoms with Gasteiger partial charge in [0, 0.05) is 10.8 Å². The first-order chi connectivity index (χ1) is 36.7. The molecule has 0 spiro atoms. The van der Waals surface area contributed by atoms with Crippen LogP contribution >= 0.6 is 0 Å². The van der Waals surface area contributed by atoms with E-state index in [0.717, 1.165) is 173 Å². The minimum atomic E-state index is -2.18. The summed E-state index contributed by atoms with van der Waals surface area (Å²) >= 11 is 0. The van der Waals surface area contributed by atoms with Gasteiger partial charge >= 0.3 is 0 Å². The van der Waals surface area contributed by atoms with Crippen molar-refractivity contribution in [3.8, 4) is 11.1 Å². The Morgan fingerprint density at radius 3 is 0.724 bits per heavy atom. The van der Waals surface area contributed by atoms with Crippen molar-refractivity contribution < 1.29 is 35.1 Å². The van der Waals surface area contributed by atoms with Gasteiger partial charge in [0.15, 0.2) is 46.5 Å². The van der Waals surface area contributed by atoms with Crippen molar-refractivity contribution in [1.29, 1.82) is 0 Å². The molecule has 0 atom stereocenters. The maximum Gasteiger partial charge on any atom is 0.186 e. The zero-order valence-corrected chi connectivity index (χ0v) is 44.3. The predicted molar refractivity (Wildman–Crippen MR) is 288 cm³/mol. The topological polar surface area (TPSA) is 6.48 Å². The largest absolute Gasteiger partial charge is 0.304 e. The molecule has 0 bridgehead atoms. The van der Waals surface area contributed by atoms with E-state index in [0.29, 0.717) is 22.7 Å². The molecule has 76 heavy (non-hydrogen) atoms. The lowest BCUT2D eigenvalue weighted by Gasteiger charge is -2.55. The first kappa shape index (κ1) is 51.1. The quantitative estimate of drug-likeness (QED) is 0.116. The van der Waals surface area contributed by atoms with E-state index in [1.807, 2.05) is 27.7 Å². The van der Waals surface area contributed by atoms with E-state index in [1.54, 1.807) is 48.5 Å². The fraction of sp³-hybridized carbons (Fsp3) is 0.455. The molecular formula is C66H68F8N2. The van der Waals surface area contributed by atoms with Crippen LogP contribution in [-0.4, -0.2) is 0 Å². The van der Waals surface area contributed by atoms with Crippen LogP contribution in [0.4, 0.5) is 69.2 Å². The maximum absolute atomic E-state index is 17.6. The van der Waals surface area contributed by atoms with Gasteiger partial charge in [-0.3, -0.25) is 0 Å². The molecule has 6 aliphatic rings. The Morgan fingerprint density at radius 1 is 0.303 bits per heavy atom. The molecule has 4 fully saturated rings. The Hall–Kier alpha value is -5.64. The van der Waals surface area contributed by atoms with Gasteiger partial charge in [0.25, 0.3) is 0 Å². The van der Waals surface area contributed by atoms with Crippen LogP contribution in [0.5, 0.6) is 0 Å². The minimum absolute atomic E-state index is 0.174. The Labute approximate surface area is 442 Å². The van der Waals surface area contributed by atoms with Crippen LogP contribution in [0.15, 0.2) is 72.8 Å². The van der Waals surface area contributed by atoms with Gasteiger partial charge in [-0.15, -0.1) is 0 Å². The fourth-order valence-electron chi connectivity index (χ4n) is 16.5. The molecule has 6 aromatic carbocycles. The summed E-state index contributed by atoms with van der Waals surface area (Å²) in [6.45, 7) is 7.82. The smallest absolute Gasteiger partial charge is 0.186 e. The van der Waals surface area contributed by atoms with Gasteiger partial charge in [-0.2, -0.15) is 0 Å². The van der Waals surface area contributed by atoms with Gasteiger partial charge in [0.2, 0.25) is 0 Å². The number of halogens is 8.